The molecule has 1 aliphatic rings. The summed E-state index contributed by atoms with van der Waals surface area (Å²) < 4.78 is 43.8. The van der Waals surface area contributed by atoms with Crippen molar-refractivity contribution in [1.29, 1.82) is 0 Å². The van der Waals surface area contributed by atoms with Crippen molar-refractivity contribution in [3.05, 3.63) is 75.3 Å². The molecule has 3 N–H and O–H groups in total. The Morgan fingerprint density at radius 2 is 1.89 bits per heavy atom. The van der Waals surface area contributed by atoms with Gasteiger partial charge in [0.2, 0.25) is 5.95 Å². The second kappa shape index (κ2) is 9.81. The highest BCUT2D eigenvalue weighted by atomic mass is 35.5. The number of hydrogen-bond donors (Lipinski definition) is 2. The molecule has 0 radical (unpaired) electrons. The molecule has 1 fully saturated rings. The van der Waals surface area contributed by atoms with Gasteiger partial charge in [-0.2, -0.15) is 13.2 Å². The summed E-state index contributed by atoms with van der Waals surface area (Å²) in [5, 5.41) is 3.93. The van der Waals surface area contributed by atoms with Crippen molar-refractivity contribution in [1.82, 2.24) is 24.6 Å². The van der Waals surface area contributed by atoms with Crippen molar-refractivity contribution >= 4 is 28.5 Å². The number of rotatable bonds is 5. The largest absolute Gasteiger partial charge is 0.416 e. The van der Waals surface area contributed by atoms with Gasteiger partial charge >= 0.3 is 6.18 Å². The Bertz CT molecular complexity index is 1500. The molecule has 2 aromatic carbocycles. The minimum atomic E-state index is -4.55. The lowest BCUT2D eigenvalue weighted by Gasteiger charge is -2.33. The van der Waals surface area contributed by atoms with E-state index in [-0.39, 0.29) is 28.7 Å². The summed E-state index contributed by atoms with van der Waals surface area (Å²) in [5.74, 6) is 0.599. The summed E-state index contributed by atoms with van der Waals surface area (Å²) in [5.41, 5.74) is 6.60. The molecule has 3 heterocycles. The van der Waals surface area contributed by atoms with E-state index in [1.54, 1.807) is 30.6 Å². The van der Waals surface area contributed by atoms with Crippen molar-refractivity contribution in [2.75, 3.05) is 31.1 Å². The number of anilines is 1. The Balaban J connectivity index is 1.51. The lowest BCUT2D eigenvalue weighted by Crippen LogP contribution is -2.54. The van der Waals surface area contributed by atoms with Crippen LogP contribution >= 0.6 is 11.6 Å². The van der Waals surface area contributed by atoms with E-state index in [0.29, 0.717) is 29.9 Å². The highest BCUT2D eigenvalue weighted by Crippen LogP contribution is 2.34. The number of benzene rings is 2. The molecule has 4 aromatic rings. The summed E-state index contributed by atoms with van der Waals surface area (Å²) in [6.07, 6.45) is -1.15. The standard InChI is InChI=1S/C25H25ClF3N7O/c1-34-23(37)20-4-2-15(17-11-32-24(33-12-17)35-7-6-31-19(10-30)14-35)9-22(20)36(34)13-16-8-18(26)3-5-21(16)25(27,28)29/h2-5,8-9,11-12,19,31H,6-7,10,13-14,30H2,1H3/t19-/m0/s1. The smallest absolute Gasteiger partial charge is 0.338 e. The molecule has 5 rings (SSSR count). The molecule has 37 heavy (non-hydrogen) atoms. The zero-order valence-corrected chi connectivity index (χ0v) is 20.7. The SMILES string of the molecule is Cn1c(=O)c2ccc(-c3cnc(N4CCN[C@@H](CN)C4)nc3)cc2n1Cc1cc(Cl)ccc1C(F)(F)F. The van der Waals surface area contributed by atoms with Crippen LogP contribution in [0, 0.1) is 0 Å². The van der Waals surface area contributed by atoms with Gasteiger partial charge in [-0.15, -0.1) is 0 Å². The van der Waals surface area contributed by atoms with E-state index in [0.717, 1.165) is 30.3 Å². The van der Waals surface area contributed by atoms with Crippen LogP contribution in [0.1, 0.15) is 11.1 Å². The topological polar surface area (TPSA) is 94.0 Å². The highest BCUT2D eigenvalue weighted by molar-refractivity contribution is 6.30. The molecule has 0 bridgehead atoms. The number of aromatic nitrogens is 4. The Morgan fingerprint density at radius 3 is 2.59 bits per heavy atom. The Hall–Kier alpha value is -3.41. The lowest BCUT2D eigenvalue weighted by molar-refractivity contribution is -0.138. The molecule has 194 valence electrons. The van der Waals surface area contributed by atoms with E-state index < -0.39 is 11.7 Å². The molecule has 2 aromatic heterocycles. The number of nitrogens with zero attached hydrogens (tertiary/aromatic N) is 5. The van der Waals surface area contributed by atoms with Crippen LogP contribution in [0.5, 0.6) is 0 Å². The van der Waals surface area contributed by atoms with E-state index in [1.807, 2.05) is 0 Å². The van der Waals surface area contributed by atoms with Crippen LogP contribution in [0.15, 0.2) is 53.6 Å². The van der Waals surface area contributed by atoms with Gasteiger partial charge in [-0.25, -0.2) is 9.97 Å². The maximum Gasteiger partial charge on any atom is 0.416 e. The van der Waals surface area contributed by atoms with Gasteiger partial charge in [0.15, 0.2) is 0 Å². The second-order valence-electron chi connectivity index (χ2n) is 9.02. The first-order valence-corrected chi connectivity index (χ1v) is 12.1. The summed E-state index contributed by atoms with van der Waals surface area (Å²) in [6, 6.07) is 8.83. The van der Waals surface area contributed by atoms with Crippen LogP contribution in [0.3, 0.4) is 0 Å². The van der Waals surface area contributed by atoms with Gasteiger partial charge in [0.1, 0.15) is 0 Å². The van der Waals surface area contributed by atoms with Gasteiger partial charge < -0.3 is 16.0 Å². The molecule has 1 atom stereocenters. The normalized spacial score (nSPS) is 16.5. The van der Waals surface area contributed by atoms with E-state index in [9.17, 15) is 18.0 Å². The van der Waals surface area contributed by atoms with Crippen molar-refractivity contribution in [2.24, 2.45) is 12.8 Å². The monoisotopic (exact) mass is 531 g/mol. The number of alkyl halides is 3. The fourth-order valence-corrected chi connectivity index (χ4v) is 4.87. The fourth-order valence-electron chi connectivity index (χ4n) is 4.67. The predicted molar refractivity (Wildman–Crippen MR) is 137 cm³/mol. The fraction of sp³-hybridized carbons (Fsp3) is 0.320. The van der Waals surface area contributed by atoms with Gasteiger partial charge in [0.05, 0.1) is 23.0 Å². The summed E-state index contributed by atoms with van der Waals surface area (Å²) in [7, 11) is 1.53. The molecule has 0 saturated carbocycles. The molecular weight excluding hydrogens is 507 g/mol. The van der Waals surface area contributed by atoms with Gasteiger partial charge in [0.25, 0.3) is 5.56 Å². The van der Waals surface area contributed by atoms with Crippen molar-refractivity contribution in [3.63, 3.8) is 0 Å². The first kappa shape index (κ1) is 25.2. The summed E-state index contributed by atoms with van der Waals surface area (Å²) in [4.78, 5) is 24.0. The van der Waals surface area contributed by atoms with Gasteiger partial charge in [-0.3, -0.25) is 14.2 Å². The minimum Gasteiger partial charge on any atom is -0.338 e. The molecule has 8 nitrogen and oxygen atoms in total. The van der Waals surface area contributed by atoms with E-state index in [4.69, 9.17) is 17.3 Å². The quantitative estimate of drug-likeness (QED) is 0.411. The molecule has 0 aliphatic carbocycles. The average Bonchev–Trinajstić information content (AvgIpc) is 3.12. The first-order chi connectivity index (χ1) is 17.7. The van der Waals surface area contributed by atoms with Crippen LogP contribution in [-0.4, -0.2) is 51.6 Å². The third kappa shape index (κ3) is 4.94. The second-order valence-corrected chi connectivity index (χ2v) is 9.46. The third-order valence-corrected chi connectivity index (χ3v) is 6.88. The summed E-state index contributed by atoms with van der Waals surface area (Å²) in [6.45, 7) is 2.60. The summed E-state index contributed by atoms with van der Waals surface area (Å²) >= 11 is 6.01. The predicted octanol–water partition coefficient (Wildman–Crippen LogP) is 3.25. The van der Waals surface area contributed by atoms with Gasteiger partial charge in [-0.1, -0.05) is 17.7 Å². The van der Waals surface area contributed by atoms with Crippen LogP contribution in [0.2, 0.25) is 5.02 Å². The van der Waals surface area contributed by atoms with Crippen molar-refractivity contribution < 1.29 is 13.2 Å². The molecule has 12 heteroatoms. The molecule has 0 amide bonds. The number of nitrogens with one attached hydrogen (secondary N) is 1. The van der Waals surface area contributed by atoms with Crippen molar-refractivity contribution in [3.8, 4) is 11.1 Å². The maximum atomic E-state index is 13.6. The maximum absolute atomic E-state index is 13.6. The number of piperazine rings is 1. The zero-order valence-electron chi connectivity index (χ0n) is 20.0. The average molecular weight is 532 g/mol. The highest BCUT2D eigenvalue weighted by Gasteiger charge is 2.33. The van der Waals surface area contributed by atoms with E-state index in [1.165, 1.54) is 28.5 Å². The Labute approximate surface area is 215 Å². The van der Waals surface area contributed by atoms with Crippen LogP contribution < -0.4 is 21.5 Å². The lowest BCUT2D eigenvalue weighted by atomic mass is 10.1. The third-order valence-electron chi connectivity index (χ3n) is 6.65. The number of fused-ring (bicyclic) bond motifs is 1. The Morgan fingerprint density at radius 1 is 1.14 bits per heavy atom. The van der Waals surface area contributed by atoms with Crippen LogP contribution in [0.4, 0.5) is 19.1 Å². The molecule has 1 aliphatic heterocycles. The first-order valence-electron chi connectivity index (χ1n) is 11.7. The zero-order chi connectivity index (χ0) is 26.3. The molecule has 0 spiro atoms. The van der Waals surface area contributed by atoms with Gasteiger partial charge in [0, 0.05) is 62.2 Å². The number of nitrogens with two attached hydrogens (primary N) is 1. The van der Waals surface area contributed by atoms with Crippen molar-refractivity contribution in [2.45, 2.75) is 18.8 Å². The van der Waals surface area contributed by atoms with Crippen LogP contribution in [-0.2, 0) is 19.8 Å². The minimum absolute atomic E-state index is 0.0302. The Kier molecular flexibility index (Phi) is 6.69. The molecule has 1 saturated heterocycles. The van der Waals surface area contributed by atoms with E-state index >= 15 is 0 Å². The molecule has 0 unspecified atom stereocenters. The number of hydrogen-bond acceptors (Lipinski definition) is 6. The molecular formula is C25H25ClF3N7O. The van der Waals surface area contributed by atoms with Crippen LogP contribution in [0.25, 0.3) is 22.0 Å². The van der Waals surface area contributed by atoms with E-state index in [2.05, 4.69) is 20.2 Å². The van der Waals surface area contributed by atoms with Gasteiger partial charge in [-0.05, 0) is 41.5 Å². The number of halogens is 4.